The SMILES string of the molecule is CNC(=O)O[C@H]1C[C@@H](C)[N@@+](C(=O)O)(C(=O)CCS)C1. The van der Waals surface area contributed by atoms with Gasteiger partial charge in [-0.25, -0.2) is 9.59 Å². The minimum Gasteiger partial charge on any atom is -0.440 e. The van der Waals surface area contributed by atoms with E-state index in [2.05, 4.69) is 17.9 Å². The van der Waals surface area contributed by atoms with Crippen LogP contribution in [0.4, 0.5) is 9.59 Å². The standard InChI is InChI=1S/C11H18N2O5S/c1-7-5-8(18-10(15)12-2)6-13(7,11(16)17)9(14)3-4-19/h7-8H,3-6H2,1-2H3,(H2-,12,15,16,17,19)/p+1/t7-,8+,13-/m1/s1. The van der Waals surface area contributed by atoms with Gasteiger partial charge in [0.2, 0.25) is 0 Å². The van der Waals surface area contributed by atoms with Crippen LogP contribution in [0.15, 0.2) is 0 Å². The second kappa shape index (κ2) is 6.25. The number of nitrogens with one attached hydrogen (secondary N) is 1. The monoisotopic (exact) mass is 291 g/mol. The van der Waals surface area contributed by atoms with Crippen LogP contribution in [0.3, 0.4) is 0 Å². The summed E-state index contributed by atoms with van der Waals surface area (Å²) in [6.45, 7) is 1.65. The van der Waals surface area contributed by atoms with Crippen LogP contribution in [-0.2, 0) is 9.53 Å². The van der Waals surface area contributed by atoms with Crippen LogP contribution >= 0.6 is 12.6 Å². The Kier molecular flexibility index (Phi) is 5.19. The Morgan fingerprint density at radius 3 is 2.58 bits per heavy atom. The number of hydrogen-bond donors (Lipinski definition) is 3. The first kappa shape index (κ1) is 15.8. The molecule has 1 heterocycles. The van der Waals surface area contributed by atoms with E-state index in [-0.39, 0.29) is 13.0 Å². The molecule has 1 rings (SSSR count). The highest BCUT2D eigenvalue weighted by Gasteiger charge is 2.57. The maximum Gasteiger partial charge on any atom is 0.521 e. The third kappa shape index (κ3) is 3.01. The van der Waals surface area contributed by atoms with Crippen molar-refractivity contribution in [3.05, 3.63) is 0 Å². The molecule has 1 fully saturated rings. The molecular weight excluding hydrogens is 272 g/mol. The zero-order valence-electron chi connectivity index (χ0n) is 11.0. The van der Waals surface area contributed by atoms with Crippen LogP contribution < -0.4 is 5.32 Å². The lowest BCUT2D eigenvalue weighted by Gasteiger charge is -2.29. The van der Waals surface area contributed by atoms with E-state index in [9.17, 15) is 19.5 Å². The Morgan fingerprint density at radius 1 is 1.47 bits per heavy atom. The number of carboxylic acid groups (broad SMARTS) is 1. The molecule has 3 amide bonds. The van der Waals surface area contributed by atoms with Crippen molar-refractivity contribution < 1.29 is 28.7 Å². The van der Waals surface area contributed by atoms with Crippen LogP contribution in [0.1, 0.15) is 19.8 Å². The topological polar surface area (TPSA) is 92.7 Å². The van der Waals surface area contributed by atoms with Crippen molar-refractivity contribution in [3.8, 4) is 0 Å². The number of thiol groups is 1. The maximum absolute atomic E-state index is 12.1. The molecule has 0 aromatic carbocycles. The predicted octanol–water partition coefficient (Wildman–Crippen LogP) is 0.845. The first-order chi connectivity index (χ1) is 8.88. The fourth-order valence-corrected chi connectivity index (χ4v) is 2.64. The van der Waals surface area contributed by atoms with Crippen molar-refractivity contribution in [1.82, 2.24) is 5.32 Å². The van der Waals surface area contributed by atoms with Gasteiger partial charge in [0.05, 0.1) is 6.42 Å². The van der Waals surface area contributed by atoms with E-state index < -0.39 is 34.7 Å². The third-order valence-corrected chi connectivity index (χ3v) is 3.66. The lowest BCUT2D eigenvalue weighted by atomic mass is 10.2. The number of likely N-dealkylation sites (tertiary alicyclic amines) is 1. The van der Waals surface area contributed by atoms with Crippen molar-refractivity contribution in [1.29, 1.82) is 0 Å². The van der Waals surface area contributed by atoms with E-state index in [1.54, 1.807) is 6.92 Å². The molecule has 0 spiro atoms. The summed E-state index contributed by atoms with van der Waals surface area (Å²) in [6.07, 6.45) is -1.98. The Labute approximate surface area is 116 Å². The number of rotatable bonds is 3. The van der Waals surface area contributed by atoms with Gasteiger partial charge >= 0.3 is 18.1 Å². The molecule has 3 atom stereocenters. The highest BCUT2D eigenvalue weighted by Crippen LogP contribution is 2.31. The number of nitrogens with zero attached hydrogens (tertiary/aromatic N) is 1. The molecule has 0 radical (unpaired) electrons. The summed E-state index contributed by atoms with van der Waals surface area (Å²) in [7, 11) is 1.42. The lowest BCUT2D eigenvalue weighted by molar-refractivity contribution is -0.793. The largest absolute Gasteiger partial charge is 0.521 e. The molecule has 1 aliphatic rings. The molecule has 1 saturated heterocycles. The Balaban J connectivity index is 2.91. The van der Waals surface area contributed by atoms with Crippen LogP contribution in [0, 0.1) is 0 Å². The predicted molar refractivity (Wildman–Crippen MR) is 70.0 cm³/mol. The average Bonchev–Trinajstić information content (AvgIpc) is 2.67. The van der Waals surface area contributed by atoms with E-state index in [4.69, 9.17) is 4.74 Å². The Hall–Kier alpha value is -1.28. The van der Waals surface area contributed by atoms with Gasteiger partial charge in [-0.3, -0.25) is 0 Å². The van der Waals surface area contributed by atoms with E-state index >= 15 is 0 Å². The molecule has 2 N–H and O–H groups in total. The van der Waals surface area contributed by atoms with Gasteiger partial charge in [0.1, 0.15) is 12.6 Å². The summed E-state index contributed by atoms with van der Waals surface area (Å²) in [5, 5.41) is 11.7. The smallest absolute Gasteiger partial charge is 0.440 e. The van der Waals surface area contributed by atoms with Crippen LogP contribution in [0.2, 0.25) is 0 Å². The van der Waals surface area contributed by atoms with Gasteiger partial charge in [-0.2, -0.15) is 21.9 Å². The number of alkyl carbamates (subject to hydrolysis) is 1. The second-order valence-corrected chi connectivity index (χ2v) is 5.01. The molecule has 7 nitrogen and oxygen atoms in total. The molecule has 0 aliphatic carbocycles. The Bertz CT molecular complexity index is 389. The zero-order chi connectivity index (χ0) is 14.6. The first-order valence-electron chi connectivity index (χ1n) is 6.02. The molecule has 0 saturated carbocycles. The lowest BCUT2D eigenvalue weighted by Crippen LogP contribution is -2.59. The highest BCUT2D eigenvalue weighted by molar-refractivity contribution is 7.80. The van der Waals surface area contributed by atoms with E-state index in [1.165, 1.54) is 7.05 Å². The van der Waals surface area contributed by atoms with Crippen LogP contribution in [0.25, 0.3) is 0 Å². The van der Waals surface area contributed by atoms with Gasteiger partial charge in [-0.05, 0) is 6.92 Å². The zero-order valence-corrected chi connectivity index (χ0v) is 11.9. The number of quaternary nitrogens is 1. The minimum atomic E-state index is -1.21. The number of amides is 3. The number of carbonyl (C=O) groups is 3. The molecule has 8 heteroatoms. The minimum absolute atomic E-state index is 0.0312. The van der Waals surface area contributed by atoms with E-state index in [0.717, 1.165) is 0 Å². The molecule has 0 unspecified atom stereocenters. The summed E-state index contributed by atoms with van der Waals surface area (Å²) in [6, 6.07) is -0.431. The Morgan fingerprint density at radius 2 is 2.11 bits per heavy atom. The van der Waals surface area contributed by atoms with Crippen molar-refractivity contribution >= 4 is 30.7 Å². The molecule has 1 aliphatic heterocycles. The summed E-state index contributed by atoms with van der Waals surface area (Å²) in [5.41, 5.74) is 0. The van der Waals surface area contributed by atoms with Gasteiger partial charge < -0.3 is 15.2 Å². The molecule has 0 bridgehead atoms. The van der Waals surface area contributed by atoms with Gasteiger partial charge in [-0.1, -0.05) is 0 Å². The van der Waals surface area contributed by atoms with Crippen molar-refractivity contribution in [2.45, 2.75) is 31.9 Å². The molecule has 0 aromatic rings. The van der Waals surface area contributed by atoms with Crippen molar-refractivity contribution in [2.24, 2.45) is 0 Å². The first-order valence-corrected chi connectivity index (χ1v) is 6.65. The highest BCUT2D eigenvalue weighted by atomic mass is 32.1. The fraction of sp³-hybridized carbons (Fsp3) is 0.727. The summed E-state index contributed by atoms with van der Waals surface area (Å²) < 4.78 is 4.37. The summed E-state index contributed by atoms with van der Waals surface area (Å²) in [5.74, 6) is -0.113. The van der Waals surface area contributed by atoms with Crippen LogP contribution in [-0.4, -0.2) is 59.2 Å². The molecule has 19 heavy (non-hydrogen) atoms. The second-order valence-electron chi connectivity index (χ2n) is 4.56. The number of ether oxygens (including phenoxy) is 1. The molecule has 108 valence electrons. The van der Waals surface area contributed by atoms with Gasteiger partial charge in [0.15, 0.2) is 6.10 Å². The maximum atomic E-state index is 12.1. The summed E-state index contributed by atoms with van der Waals surface area (Å²) >= 11 is 3.96. The third-order valence-electron chi connectivity index (χ3n) is 3.44. The number of imide groups is 1. The quantitative estimate of drug-likeness (QED) is 0.529. The number of hydrogen-bond acceptors (Lipinski definition) is 5. The average molecular weight is 291 g/mol. The van der Waals surface area contributed by atoms with Crippen molar-refractivity contribution in [3.63, 3.8) is 0 Å². The van der Waals surface area contributed by atoms with Gasteiger partial charge in [-0.15, -0.1) is 0 Å². The van der Waals surface area contributed by atoms with Gasteiger partial charge in [0, 0.05) is 19.2 Å². The van der Waals surface area contributed by atoms with Crippen LogP contribution in [0.5, 0.6) is 0 Å². The summed E-state index contributed by atoms with van der Waals surface area (Å²) in [4.78, 5) is 34.8. The van der Waals surface area contributed by atoms with E-state index in [0.29, 0.717) is 12.2 Å². The molecule has 0 aromatic heterocycles. The molecular formula is C11H19N2O5S+. The van der Waals surface area contributed by atoms with Gasteiger partial charge in [0.25, 0.3) is 0 Å². The number of carbonyl (C=O) groups excluding carboxylic acids is 2. The fourth-order valence-electron chi connectivity index (χ4n) is 2.45. The van der Waals surface area contributed by atoms with Crippen molar-refractivity contribution in [2.75, 3.05) is 19.3 Å². The van der Waals surface area contributed by atoms with E-state index in [1.807, 2.05) is 0 Å². The normalized spacial score (nSPS) is 29.8.